The summed E-state index contributed by atoms with van der Waals surface area (Å²) in [7, 11) is 0. The molecular formula is C11H13FNO. The average molecular weight is 194 g/mol. The first kappa shape index (κ1) is 9.46. The molecule has 0 saturated carbocycles. The van der Waals surface area contributed by atoms with Crippen LogP contribution in [0, 0.1) is 11.9 Å². The van der Waals surface area contributed by atoms with Crippen molar-refractivity contribution in [3.8, 4) is 0 Å². The highest BCUT2D eigenvalue weighted by Crippen LogP contribution is 2.20. The monoisotopic (exact) mass is 194 g/mol. The van der Waals surface area contributed by atoms with Crippen molar-refractivity contribution in [3.05, 3.63) is 30.1 Å². The van der Waals surface area contributed by atoms with Gasteiger partial charge in [-0.1, -0.05) is 0 Å². The molecule has 1 saturated heterocycles. The number of rotatable bonds is 1. The van der Waals surface area contributed by atoms with Crippen molar-refractivity contribution in [2.75, 3.05) is 18.0 Å². The van der Waals surface area contributed by atoms with E-state index in [1.807, 2.05) is 6.07 Å². The molecule has 1 heterocycles. The number of anilines is 1. The molecule has 0 atom stereocenters. The number of benzene rings is 1. The number of nitrogens with zero attached hydrogens (tertiary/aromatic N) is 1. The molecule has 2 rings (SSSR count). The second-order valence-corrected chi connectivity index (χ2v) is 3.61. The fourth-order valence-corrected chi connectivity index (χ4v) is 1.75. The van der Waals surface area contributed by atoms with Gasteiger partial charge in [-0.05, 0) is 31.0 Å². The summed E-state index contributed by atoms with van der Waals surface area (Å²) < 4.78 is 12.9. The minimum absolute atomic E-state index is 0.189. The van der Waals surface area contributed by atoms with Gasteiger partial charge in [-0.25, -0.2) is 4.39 Å². The van der Waals surface area contributed by atoms with Crippen LogP contribution in [0.3, 0.4) is 0 Å². The maximum absolute atomic E-state index is 12.9. The Labute approximate surface area is 83.0 Å². The first-order valence-corrected chi connectivity index (χ1v) is 4.86. The molecule has 0 bridgehead atoms. The number of hydrogen-bond acceptors (Lipinski definition) is 2. The Morgan fingerprint density at radius 1 is 1.43 bits per heavy atom. The molecule has 75 valence electrons. The highest BCUT2D eigenvalue weighted by Gasteiger charge is 2.17. The standard InChI is InChI=1S/C11H13FNO/c12-9-2-1-3-10(8-9)13-6-4-11(14)5-7-13/h1,3,8,11,14H,4-7H2. The van der Waals surface area contributed by atoms with E-state index in [4.69, 9.17) is 0 Å². The van der Waals surface area contributed by atoms with Crippen LogP contribution in [0.25, 0.3) is 0 Å². The zero-order valence-corrected chi connectivity index (χ0v) is 7.91. The maximum atomic E-state index is 12.9. The summed E-state index contributed by atoms with van der Waals surface area (Å²) in [5, 5.41) is 9.32. The topological polar surface area (TPSA) is 23.5 Å². The maximum Gasteiger partial charge on any atom is 0.133 e. The third-order valence-electron chi connectivity index (χ3n) is 2.58. The summed E-state index contributed by atoms with van der Waals surface area (Å²) in [6.45, 7) is 1.59. The lowest BCUT2D eigenvalue weighted by molar-refractivity contribution is 0.145. The fourth-order valence-electron chi connectivity index (χ4n) is 1.75. The summed E-state index contributed by atoms with van der Waals surface area (Å²) in [6, 6.07) is 7.40. The molecule has 0 aromatic heterocycles. The molecular weight excluding hydrogens is 181 g/mol. The SMILES string of the molecule is OC1CCN(c2cc[c]c(F)c2)CC1. The zero-order chi connectivity index (χ0) is 9.97. The molecule has 3 heteroatoms. The van der Waals surface area contributed by atoms with Crippen LogP contribution >= 0.6 is 0 Å². The number of aliphatic hydroxyl groups is 1. The second-order valence-electron chi connectivity index (χ2n) is 3.61. The smallest absolute Gasteiger partial charge is 0.133 e. The second kappa shape index (κ2) is 3.96. The normalized spacial score (nSPS) is 18.6. The van der Waals surface area contributed by atoms with Crippen LogP contribution in [0.2, 0.25) is 0 Å². The third kappa shape index (κ3) is 2.04. The highest BCUT2D eigenvalue weighted by molar-refractivity contribution is 5.46. The van der Waals surface area contributed by atoms with E-state index in [9.17, 15) is 9.50 Å². The van der Waals surface area contributed by atoms with E-state index in [-0.39, 0.29) is 11.9 Å². The molecule has 1 aromatic rings. The van der Waals surface area contributed by atoms with Crippen molar-refractivity contribution < 1.29 is 9.50 Å². The van der Waals surface area contributed by atoms with Gasteiger partial charge in [-0.2, -0.15) is 0 Å². The molecule has 1 aromatic carbocycles. The van der Waals surface area contributed by atoms with Crippen LogP contribution in [0.15, 0.2) is 18.2 Å². The van der Waals surface area contributed by atoms with Crippen LogP contribution in [-0.2, 0) is 0 Å². The fraction of sp³-hybridized carbons (Fsp3) is 0.455. The molecule has 1 N–H and O–H groups in total. The molecule has 1 fully saturated rings. The Morgan fingerprint density at radius 2 is 2.14 bits per heavy atom. The van der Waals surface area contributed by atoms with E-state index in [0.29, 0.717) is 0 Å². The average Bonchev–Trinajstić information content (AvgIpc) is 2.19. The Bertz CT molecular complexity index is 308. The number of halogens is 1. The van der Waals surface area contributed by atoms with Crippen LogP contribution < -0.4 is 4.90 Å². The van der Waals surface area contributed by atoms with E-state index >= 15 is 0 Å². The summed E-state index contributed by atoms with van der Waals surface area (Å²) >= 11 is 0. The lowest BCUT2D eigenvalue weighted by atomic mass is 10.1. The van der Waals surface area contributed by atoms with Crippen LogP contribution in [0.5, 0.6) is 0 Å². The molecule has 1 aliphatic rings. The van der Waals surface area contributed by atoms with Crippen LogP contribution in [0.1, 0.15) is 12.8 Å². The van der Waals surface area contributed by atoms with E-state index in [1.54, 1.807) is 6.07 Å². The summed E-state index contributed by atoms with van der Waals surface area (Å²) in [6.07, 6.45) is 1.34. The summed E-state index contributed by atoms with van der Waals surface area (Å²) in [5.74, 6) is -0.325. The molecule has 0 amide bonds. The Hall–Kier alpha value is -1.09. The largest absolute Gasteiger partial charge is 0.393 e. The Morgan fingerprint density at radius 3 is 2.79 bits per heavy atom. The lowest BCUT2D eigenvalue weighted by Crippen LogP contribution is -2.35. The lowest BCUT2D eigenvalue weighted by Gasteiger charge is -2.31. The van der Waals surface area contributed by atoms with Crippen molar-refractivity contribution in [2.24, 2.45) is 0 Å². The van der Waals surface area contributed by atoms with Gasteiger partial charge in [0, 0.05) is 24.8 Å². The number of aliphatic hydroxyl groups excluding tert-OH is 1. The number of piperidine rings is 1. The van der Waals surface area contributed by atoms with Crippen LogP contribution in [0.4, 0.5) is 10.1 Å². The molecule has 0 unspecified atom stereocenters. The van der Waals surface area contributed by atoms with E-state index in [2.05, 4.69) is 11.0 Å². The minimum atomic E-state index is -0.325. The van der Waals surface area contributed by atoms with E-state index < -0.39 is 0 Å². The van der Waals surface area contributed by atoms with Crippen molar-refractivity contribution in [1.82, 2.24) is 0 Å². The molecule has 1 radical (unpaired) electrons. The van der Waals surface area contributed by atoms with Crippen molar-refractivity contribution >= 4 is 5.69 Å². The minimum Gasteiger partial charge on any atom is -0.393 e. The van der Waals surface area contributed by atoms with Gasteiger partial charge in [0.05, 0.1) is 6.10 Å². The highest BCUT2D eigenvalue weighted by atomic mass is 19.1. The molecule has 0 spiro atoms. The Kier molecular flexibility index (Phi) is 2.68. The van der Waals surface area contributed by atoms with Crippen molar-refractivity contribution in [3.63, 3.8) is 0 Å². The van der Waals surface area contributed by atoms with Gasteiger partial charge in [0.25, 0.3) is 0 Å². The summed E-state index contributed by atoms with van der Waals surface area (Å²) in [5.41, 5.74) is 0.883. The van der Waals surface area contributed by atoms with Gasteiger partial charge in [-0.3, -0.25) is 0 Å². The first-order chi connectivity index (χ1) is 6.75. The van der Waals surface area contributed by atoms with Gasteiger partial charge in [-0.15, -0.1) is 0 Å². The van der Waals surface area contributed by atoms with E-state index in [1.165, 1.54) is 6.07 Å². The van der Waals surface area contributed by atoms with Crippen molar-refractivity contribution in [2.45, 2.75) is 18.9 Å². The van der Waals surface area contributed by atoms with Gasteiger partial charge in [0.2, 0.25) is 0 Å². The predicted octanol–water partition coefficient (Wildman–Crippen LogP) is 1.59. The van der Waals surface area contributed by atoms with Gasteiger partial charge in [0.15, 0.2) is 0 Å². The van der Waals surface area contributed by atoms with Gasteiger partial charge >= 0.3 is 0 Å². The predicted molar refractivity (Wildman–Crippen MR) is 52.7 cm³/mol. The zero-order valence-electron chi connectivity index (χ0n) is 7.91. The number of hydrogen-bond donors (Lipinski definition) is 1. The Balaban J connectivity index is 2.08. The van der Waals surface area contributed by atoms with Gasteiger partial charge in [0.1, 0.15) is 5.82 Å². The molecule has 0 aliphatic carbocycles. The molecule has 2 nitrogen and oxygen atoms in total. The summed E-state index contributed by atoms with van der Waals surface area (Å²) in [4.78, 5) is 2.09. The molecule has 1 aliphatic heterocycles. The van der Waals surface area contributed by atoms with Gasteiger partial charge < -0.3 is 10.0 Å². The first-order valence-electron chi connectivity index (χ1n) is 4.86. The molecule has 14 heavy (non-hydrogen) atoms. The van der Waals surface area contributed by atoms with E-state index in [0.717, 1.165) is 31.6 Å². The van der Waals surface area contributed by atoms with Crippen molar-refractivity contribution in [1.29, 1.82) is 0 Å². The quantitative estimate of drug-likeness (QED) is 0.733. The third-order valence-corrected chi connectivity index (χ3v) is 2.58. The van der Waals surface area contributed by atoms with Crippen LogP contribution in [-0.4, -0.2) is 24.3 Å².